The molecular formula is C22H26O10. The van der Waals surface area contributed by atoms with E-state index in [4.69, 9.17) is 18.9 Å². The molecular weight excluding hydrogens is 424 g/mol. The summed E-state index contributed by atoms with van der Waals surface area (Å²) >= 11 is 0. The van der Waals surface area contributed by atoms with Crippen LogP contribution in [0.15, 0.2) is 30.3 Å². The van der Waals surface area contributed by atoms with Crippen molar-refractivity contribution in [1.29, 1.82) is 0 Å². The van der Waals surface area contributed by atoms with Crippen LogP contribution in [0.25, 0.3) is 0 Å². The molecule has 2 aliphatic rings. The van der Waals surface area contributed by atoms with Crippen molar-refractivity contribution < 1.29 is 49.6 Å². The summed E-state index contributed by atoms with van der Waals surface area (Å²) in [7, 11) is 1.32. The fourth-order valence-corrected chi connectivity index (χ4v) is 3.97. The molecule has 2 aromatic rings. The largest absolute Gasteiger partial charge is 0.508 e. The summed E-state index contributed by atoms with van der Waals surface area (Å²) in [6, 6.07) is 7.93. The van der Waals surface area contributed by atoms with Crippen LogP contribution < -0.4 is 14.2 Å². The lowest BCUT2D eigenvalue weighted by atomic mass is 9.96. The van der Waals surface area contributed by atoms with Crippen LogP contribution in [0.4, 0.5) is 0 Å². The third-order valence-corrected chi connectivity index (χ3v) is 5.72. The molecule has 32 heavy (non-hydrogen) atoms. The van der Waals surface area contributed by atoms with Crippen molar-refractivity contribution >= 4 is 0 Å². The average Bonchev–Trinajstić information content (AvgIpc) is 2.78. The number of hydrogen-bond donors (Lipinski definition) is 6. The van der Waals surface area contributed by atoms with Gasteiger partial charge < -0.3 is 49.6 Å². The first kappa shape index (κ1) is 22.4. The lowest BCUT2D eigenvalue weighted by Crippen LogP contribution is -2.60. The smallest absolute Gasteiger partial charge is 0.229 e. The van der Waals surface area contributed by atoms with Gasteiger partial charge in [-0.15, -0.1) is 0 Å². The molecule has 2 aliphatic heterocycles. The summed E-state index contributed by atoms with van der Waals surface area (Å²) in [6.45, 7) is -0.602. The van der Waals surface area contributed by atoms with Gasteiger partial charge in [0.15, 0.2) is 11.5 Å². The van der Waals surface area contributed by atoms with Gasteiger partial charge in [-0.1, -0.05) is 6.07 Å². The Hall–Kier alpha value is -2.76. The van der Waals surface area contributed by atoms with Crippen LogP contribution in [-0.4, -0.2) is 75.1 Å². The molecule has 4 rings (SSSR count). The quantitative estimate of drug-likeness (QED) is 0.375. The molecule has 0 saturated carbocycles. The zero-order valence-electron chi connectivity index (χ0n) is 17.3. The standard InChI is InChI=1S/C22H26O10/c1-29-21-13(25)6-11(14-5-3-10-2-4-12(24)8-15(10)30-14)7-16(21)31-22-20(28)19(27)18(26)17(9-23)32-22/h2,4,6-8,14,17-20,22-28H,3,5,9H2,1H3/t14-,17+,18+,19-,20+,22+/m0/s1. The number of aliphatic hydroxyl groups is 4. The minimum Gasteiger partial charge on any atom is -0.508 e. The number of ether oxygens (including phenoxy) is 4. The van der Waals surface area contributed by atoms with Gasteiger partial charge in [-0.2, -0.15) is 0 Å². The molecule has 174 valence electrons. The average molecular weight is 450 g/mol. The van der Waals surface area contributed by atoms with Gasteiger partial charge in [0.2, 0.25) is 12.0 Å². The Morgan fingerprint density at radius 3 is 2.53 bits per heavy atom. The number of aryl methyl sites for hydroxylation is 1. The first-order valence-corrected chi connectivity index (χ1v) is 10.2. The molecule has 2 aromatic carbocycles. The van der Waals surface area contributed by atoms with E-state index in [-0.39, 0.29) is 23.0 Å². The van der Waals surface area contributed by atoms with Crippen LogP contribution in [-0.2, 0) is 11.2 Å². The Labute approximate surface area is 183 Å². The van der Waals surface area contributed by atoms with Gasteiger partial charge >= 0.3 is 0 Å². The summed E-state index contributed by atoms with van der Waals surface area (Å²) in [6.07, 6.45) is -6.52. The fraction of sp³-hybridized carbons (Fsp3) is 0.455. The highest BCUT2D eigenvalue weighted by molar-refractivity contribution is 5.54. The van der Waals surface area contributed by atoms with E-state index in [1.54, 1.807) is 18.2 Å². The summed E-state index contributed by atoms with van der Waals surface area (Å²) < 4.78 is 22.3. The van der Waals surface area contributed by atoms with Crippen molar-refractivity contribution in [2.45, 2.75) is 49.7 Å². The highest BCUT2D eigenvalue weighted by atomic mass is 16.7. The molecule has 10 heteroatoms. The summed E-state index contributed by atoms with van der Waals surface area (Å²) in [4.78, 5) is 0. The number of aliphatic hydroxyl groups excluding tert-OH is 4. The minimum absolute atomic E-state index is 0.0112. The molecule has 2 heterocycles. The van der Waals surface area contributed by atoms with E-state index in [2.05, 4.69) is 0 Å². The van der Waals surface area contributed by atoms with Gasteiger partial charge in [-0.25, -0.2) is 0 Å². The number of fused-ring (bicyclic) bond motifs is 1. The van der Waals surface area contributed by atoms with Crippen molar-refractivity contribution in [3.63, 3.8) is 0 Å². The Bertz CT molecular complexity index is 962. The Morgan fingerprint density at radius 1 is 1.03 bits per heavy atom. The lowest BCUT2D eigenvalue weighted by Gasteiger charge is -2.39. The Morgan fingerprint density at radius 2 is 1.81 bits per heavy atom. The predicted molar refractivity (Wildman–Crippen MR) is 109 cm³/mol. The summed E-state index contributed by atoms with van der Waals surface area (Å²) in [5.74, 6) is 0.355. The van der Waals surface area contributed by atoms with E-state index < -0.39 is 43.4 Å². The van der Waals surface area contributed by atoms with Crippen LogP contribution >= 0.6 is 0 Å². The topological polar surface area (TPSA) is 158 Å². The second-order valence-electron chi connectivity index (χ2n) is 7.82. The highest BCUT2D eigenvalue weighted by Gasteiger charge is 2.45. The Balaban J connectivity index is 1.62. The molecule has 0 aliphatic carbocycles. The number of phenols is 2. The zero-order chi connectivity index (χ0) is 23.0. The van der Waals surface area contributed by atoms with E-state index in [0.717, 1.165) is 5.56 Å². The van der Waals surface area contributed by atoms with E-state index in [1.165, 1.54) is 19.2 Å². The second-order valence-corrected chi connectivity index (χ2v) is 7.82. The third-order valence-electron chi connectivity index (χ3n) is 5.72. The Kier molecular flexibility index (Phi) is 6.31. The van der Waals surface area contributed by atoms with Gasteiger partial charge in [0, 0.05) is 6.07 Å². The first-order chi connectivity index (χ1) is 15.3. The number of hydrogen-bond acceptors (Lipinski definition) is 10. The number of rotatable bonds is 5. The maximum absolute atomic E-state index is 10.5. The lowest BCUT2D eigenvalue weighted by molar-refractivity contribution is -0.277. The first-order valence-electron chi connectivity index (χ1n) is 10.2. The molecule has 1 saturated heterocycles. The van der Waals surface area contributed by atoms with Gasteiger partial charge in [-0.3, -0.25) is 0 Å². The molecule has 6 atom stereocenters. The van der Waals surface area contributed by atoms with E-state index in [0.29, 0.717) is 24.2 Å². The molecule has 0 unspecified atom stereocenters. The minimum atomic E-state index is -1.62. The maximum Gasteiger partial charge on any atom is 0.229 e. The summed E-state index contributed by atoms with van der Waals surface area (Å²) in [5, 5.41) is 59.8. The van der Waals surface area contributed by atoms with Gasteiger partial charge in [0.1, 0.15) is 42.0 Å². The predicted octanol–water partition coefficient (Wildman–Crippen LogP) is 0.351. The van der Waals surface area contributed by atoms with Gasteiger partial charge in [0.25, 0.3) is 0 Å². The number of methoxy groups -OCH3 is 1. The normalized spacial score (nSPS) is 29.7. The number of phenolic OH excluding ortho intramolecular Hbond substituents is 2. The molecule has 1 fully saturated rings. The molecule has 0 spiro atoms. The molecule has 10 nitrogen and oxygen atoms in total. The molecule has 0 bridgehead atoms. The van der Waals surface area contributed by atoms with Crippen LogP contribution in [0.3, 0.4) is 0 Å². The van der Waals surface area contributed by atoms with E-state index in [1.807, 2.05) is 0 Å². The monoisotopic (exact) mass is 450 g/mol. The van der Waals surface area contributed by atoms with Gasteiger partial charge in [0.05, 0.1) is 13.7 Å². The molecule has 0 aromatic heterocycles. The van der Waals surface area contributed by atoms with Crippen LogP contribution in [0.2, 0.25) is 0 Å². The van der Waals surface area contributed by atoms with Crippen molar-refractivity contribution in [2.24, 2.45) is 0 Å². The fourth-order valence-electron chi connectivity index (χ4n) is 3.97. The van der Waals surface area contributed by atoms with Crippen LogP contribution in [0, 0.1) is 0 Å². The number of aromatic hydroxyl groups is 2. The maximum atomic E-state index is 10.5. The second kappa shape index (κ2) is 9.00. The van der Waals surface area contributed by atoms with E-state index in [9.17, 15) is 30.6 Å². The van der Waals surface area contributed by atoms with Crippen molar-refractivity contribution in [3.8, 4) is 28.7 Å². The van der Waals surface area contributed by atoms with Crippen LogP contribution in [0.5, 0.6) is 28.7 Å². The highest BCUT2D eigenvalue weighted by Crippen LogP contribution is 2.44. The van der Waals surface area contributed by atoms with Crippen molar-refractivity contribution in [3.05, 3.63) is 41.5 Å². The number of benzene rings is 2. The third kappa shape index (κ3) is 4.15. The molecule has 6 N–H and O–H groups in total. The van der Waals surface area contributed by atoms with Gasteiger partial charge in [-0.05, 0) is 42.2 Å². The van der Waals surface area contributed by atoms with Crippen molar-refractivity contribution in [2.75, 3.05) is 13.7 Å². The van der Waals surface area contributed by atoms with Crippen molar-refractivity contribution in [1.82, 2.24) is 0 Å². The summed E-state index contributed by atoms with van der Waals surface area (Å²) in [5.41, 5.74) is 1.51. The van der Waals surface area contributed by atoms with Crippen LogP contribution in [0.1, 0.15) is 23.7 Å². The molecule has 0 amide bonds. The SMILES string of the molecule is COc1c(O)cc([C@@H]2CCc3ccc(O)cc3O2)cc1O[C@@H]1O[C@H](CO)[C@@H](O)[C@H](O)[C@H]1O. The zero-order valence-corrected chi connectivity index (χ0v) is 17.3. The van der Waals surface area contributed by atoms with E-state index >= 15 is 0 Å². The molecule has 0 radical (unpaired) electrons.